The molecule has 3 rings (SSSR count). The number of benzene rings is 2. The number of carboxylic acids is 2. The molecule has 0 atom stereocenters. The molecule has 1 aliphatic rings. The van der Waals surface area contributed by atoms with Crippen LogP contribution in [-0.2, 0) is 16.0 Å². The van der Waals surface area contributed by atoms with Crippen molar-refractivity contribution < 1.29 is 19.8 Å². The minimum Gasteiger partial charge on any atom is -0.481 e. The molecule has 0 saturated heterocycles. The number of hydrogen-bond acceptors (Lipinski definition) is 2. The number of hydrogen-bond donors (Lipinski definition) is 2. The van der Waals surface area contributed by atoms with Gasteiger partial charge in [-0.3, -0.25) is 9.59 Å². The predicted octanol–water partition coefficient (Wildman–Crippen LogP) is 10.5. The van der Waals surface area contributed by atoms with Gasteiger partial charge in [0.25, 0.3) is 0 Å². The van der Waals surface area contributed by atoms with E-state index in [1.165, 1.54) is 99.3 Å². The third-order valence-electron chi connectivity index (χ3n) is 7.19. The second-order valence-corrected chi connectivity index (χ2v) is 10.7. The van der Waals surface area contributed by atoms with Crippen LogP contribution in [0.25, 0.3) is 11.1 Å². The molecule has 39 heavy (non-hydrogen) atoms. The average Bonchev–Trinajstić information content (AvgIpc) is 3.31. The van der Waals surface area contributed by atoms with Gasteiger partial charge in [0.15, 0.2) is 0 Å². The van der Waals surface area contributed by atoms with E-state index in [4.69, 9.17) is 10.2 Å². The number of fused-ring (bicyclic) bond motifs is 3. The highest BCUT2D eigenvalue weighted by Crippen LogP contribution is 2.35. The average molecular weight is 539 g/mol. The molecule has 0 aliphatic heterocycles. The fourth-order valence-corrected chi connectivity index (χ4v) is 4.90. The first kappa shape index (κ1) is 34.4. The van der Waals surface area contributed by atoms with E-state index >= 15 is 0 Å². The van der Waals surface area contributed by atoms with Crippen molar-refractivity contribution in [1.29, 1.82) is 0 Å². The Morgan fingerprint density at radius 1 is 0.513 bits per heavy atom. The molecule has 0 unspecified atom stereocenters. The van der Waals surface area contributed by atoms with Gasteiger partial charge in [-0.2, -0.15) is 0 Å². The fourth-order valence-electron chi connectivity index (χ4n) is 4.90. The molecule has 0 aromatic heterocycles. The van der Waals surface area contributed by atoms with Crippen molar-refractivity contribution in [1.82, 2.24) is 0 Å². The van der Waals surface area contributed by atoms with Crippen molar-refractivity contribution in [3.05, 3.63) is 59.7 Å². The molecule has 1 aliphatic carbocycles. The standard InChI is InChI=1S/C13H10.2C11H22O2/c1-3-7-12-10(5-1)9-11-6-2-4-8-13(11)12;2*1-2-3-4-5-6-7-8-9-10-11(12)13/h1-8H,9H2;2*2-10H2,1H3,(H,12,13). The van der Waals surface area contributed by atoms with Gasteiger partial charge in [-0.15, -0.1) is 0 Å². The maximum atomic E-state index is 10.2. The summed E-state index contributed by atoms with van der Waals surface area (Å²) in [4.78, 5) is 20.3. The Hall–Kier alpha value is -2.62. The highest BCUT2D eigenvalue weighted by Gasteiger charge is 2.15. The molecule has 218 valence electrons. The van der Waals surface area contributed by atoms with Crippen molar-refractivity contribution in [2.75, 3.05) is 0 Å². The Labute approximate surface area is 238 Å². The predicted molar refractivity (Wildman–Crippen MR) is 164 cm³/mol. The van der Waals surface area contributed by atoms with E-state index in [0.717, 1.165) is 32.1 Å². The lowest BCUT2D eigenvalue weighted by Crippen LogP contribution is -1.93. The maximum Gasteiger partial charge on any atom is 0.303 e. The topological polar surface area (TPSA) is 74.6 Å². The van der Waals surface area contributed by atoms with Gasteiger partial charge < -0.3 is 10.2 Å². The second kappa shape index (κ2) is 23.3. The van der Waals surface area contributed by atoms with E-state index in [2.05, 4.69) is 62.4 Å². The van der Waals surface area contributed by atoms with Crippen molar-refractivity contribution in [2.45, 2.75) is 136 Å². The lowest BCUT2D eigenvalue weighted by atomic mass is 10.1. The van der Waals surface area contributed by atoms with Crippen molar-refractivity contribution in [3.63, 3.8) is 0 Å². The third kappa shape index (κ3) is 17.6. The van der Waals surface area contributed by atoms with Crippen LogP contribution >= 0.6 is 0 Å². The third-order valence-corrected chi connectivity index (χ3v) is 7.19. The van der Waals surface area contributed by atoms with Crippen LogP contribution in [0.2, 0.25) is 0 Å². The second-order valence-electron chi connectivity index (χ2n) is 10.7. The molecule has 0 heterocycles. The first-order valence-corrected chi connectivity index (χ1v) is 15.6. The summed E-state index contributed by atoms with van der Waals surface area (Å²) < 4.78 is 0. The molecular formula is C35H54O4. The Bertz CT molecular complexity index is 832. The molecule has 2 aromatic rings. The lowest BCUT2D eigenvalue weighted by molar-refractivity contribution is -0.138. The largest absolute Gasteiger partial charge is 0.481 e. The van der Waals surface area contributed by atoms with Crippen LogP contribution in [0.1, 0.15) is 141 Å². The summed E-state index contributed by atoms with van der Waals surface area (Å²) in [6.45, 7) is 4.43. The van der Waals surface area contributed by atoms with Gasteiger partial charge in [-0.25, -0.2) is 0 Å². The number of rotatable bonds is 18. The van der Waals surface area contributed by atoms with Crippen molar-refractivity contribution in [2.24, 2.45) is 0 Å². The van der Waals surface area contributed by atoms with Gasteiger partial charge in [-0.05, 0) is 41.5 Å². The summed E-state index contributed by atoms with van der Waals surface area (Å²) in [5.74, 6) is -1.32. The van der Waals surface area contributed by atoms with Gasteiger partial charge in [0.05, 0.1) is 0 Å². The molecule has 2 aromatic carbocycles. The van der Waals surface area contributed by atoms with Crippen molar-refractivity contribution in [3.8, 4) is 11.1 Å². The maximum absolute atomic E-state index is 10.2. The Kier molecular flexibility index (Phi) is 20.5. The fraction of sp³-hybridized carbons (Fsp3) is 0.600. The molecule has 0 radical (unpaired) electrons. The van der Waals surface area contributed by atoms with Gasteiger partial charge in [-0.1, -0.05) is 152 Å². The Morgan fingerprint density at radius 2 is 0.821 bits per heavy atom. The van der Waals surface area contributed by atoms with Crippen molar-refractivity contribution >= 4 is 11.9 Å². The summed E-state index contributed by atoms with van der Waals surface area (Å²) in [7, 11) is 0. The van der Waals surface area contributed by atoms with E-state index in [0.29, 0.717) is 12.8 Å². The van der Waals surface area contributed by atoms with E-state index in [-0.39, 0.29) is 0 Å². The number of aliphatic carboxylic acids is 2. The normalized spacial score (nSPS) is 10.9. The summed E-state index contributed by atoms with van der Waals surface area (Å²) in [6.07, 6.45) is 21.2. The number of carboxylic acid groups (broad SMARTS) is 2. The van der Waals surface area contributed by atoms with E-state index < -0.39 is 11.9 Å². The first-order chi connectivity index (χ1) is 19.0. The van der Waals surface area contributed by atoms with E-state index in [1.54, 1.807) is 0 Å². The zero-order valence-corrected chi connectivity index (χ0v) is 24.8. The van der Waals surface area contributed by atoms with Crippen LogP contribution in [0.4, 0.5) is 0 Å². The lowest BCUT2D eigenvalue weighted by Gasteiger charge is -1.99. The van der Waals surface area contributed by atoms with E-state index in [9.17, 15) is 9.59 Å². The summed E-state index contributed by atoms with van der Waals surface area (Å²) in [5.41, 5.74) is 5.75. The molecule has 4 nitrogen and oxygen atoms in total. The highest BCUT2D eigenvalue weighted by atomic mass is 16.4. The molecule has 2 N–H and O–H groups in total. The van der Waals surface area contributed by atoms with Gasteiger partial charge in [0, 0.05) is 12.8 Å². The number of carbonyl (C=O) groups is 2. The smallest absolute Gasteiger partial charge is 0.303 e. The molecule has 0 fully saturated rings. The molecule has 0 spiro atoms. The monoisotopic (exact) mass is 538 g/mol. The summed E-state index contributed by atoms with van der Waals surface area (Å²) in [5, 5.41) is 16.8. The minimum absolute atomic E-state index is 0.342. The summed E-state index contributed by atoms with van der Waals surface area (Å²) >= 11 is 0. The minimum atomic E-state index is -0.661. The molecular weight excluding hydrogens is 484 g/mol. The van der Waals surface area contributed by atoms with Crippen LogP contribution in [0.15, 0.2) is 48.5 Å². The van der Waals surface area contributed by atoms with Gasteiger partial charge in [0.2, 0.25) is 0 Å². The van der Waals surface area contributed by atoms with Crippen LogP contribution in [-0.4, -0.2) is 22.2 Å². The SMILES string of the molecule is CCCCCCCCCCC(=O)O.CCCCCCCCCCC(=O)O.c1ccc2c(c1)Cc1ccccc1-2. The van der Waals surface area contributed by atoms with Gasteiger partial charge >= 0.3 is 11.9 Å². The van der Waals surface area contributed by atoms with Crippen LogP contribution < -0.4 is 0 Å². The van der Waals surface area contributed by atoms with Gasteiger partial charge in [0.1, 0.15) is 0 Å². The zero-order chi connectivity index (χ0) is 28.6. The highest BCUT2D eigenvalue weighted by molar-refractivity contribution is 5.76. The molecule has 4 heteroatoms. The zero-order valence-electron chi connectivity index (χ0n) is 24.8. The Balaban J connectivity index is 0.000000292. The first-order valence-electron chi connectivity index (χ1n) is 15.6. The van der Waals surface area contributed by atoms with Crippen LogP contribution in [0, 0.1) is 0 Å². The van der Waals surface area contributed by atoms with Crippen LogP contribution in [0.3, 0.4) is 0 Å². The van der Waals surface area contributed by atoms with E-state index in [1.807, 2.05) is 0 Å². The molecule has 0 amide bonds. The quantitative estimate of drug-likeness (QED) is 0.158. The Morgan fingerprint density at radius 3 is 1.15 bits per heavy atom. The van der Waals surface area contributed by atoms with Crippen LogP contribution in [0.5, 0.6) is 0 Å². The summed E-state index contributed by atoms with van der Waals surface area (Å²) in [6, 6.07) is 17.3. The molecule has 0 saturated carbocycles. The number of unbranched alkanes of at least 4 members (excludes halogenated alkanes) is 14. The molecule has 0 bridgehead atoms.